The number of carbonyl (C=O) groups excluding carboxylic acids is 1. The quantitative estimate of drug-likeness (QED) is 0.739. The SMILES string of the molecule is NC(=O)Oc1cccc2[nH]c(-c3cccc(CCN4CCCC4)c3)nc12. The Hall–Kier alpha value is -2.86. The first-order valence-electron chi connectivity index (χ1n) is 8.97. The monoisotopic (exact) mass is 350 g/mol. The summed E-state index contributed by atoms with van der Waals surface area (Å²) >= 11 is 0. The summed E-state index contributed by atoms with van der Waals surface area (Å²) in [5, 5.41) is 0. The Labute approximate surface area is 152 Å². The minimum Gasteiger partial charge on any atom is -0.408 e. The lowest BCUT2D eigenvalue weighted by molar-refractivity contribution is 0.211. The van der Waals surface area contributed by atoms with Crippen LogP contribution >= 0.6 is 0 Å². The molecule has 1 aliphatic heterocycles. The largest absolute Gasteiger partial charge is 0.410 e. The molecule has 0 unspecified atom stereocenters. The van der Waals surface area contributed by atoms with Gasteiger partial charge in [-0.2, -0.15) is 0 Å². The van der Waals surface area contributed by atoms with Gasteiger partial charge in [0.1, 0.15) is 11.3 Å². The van der Waals surface area contributed by atoms with Crippen molar-refractivity contribution in [3.63, 3.8) is 0 Å². The number of nitrogens with zero attached hydrogens (tertiary/aromatic N) is 2. The standard InChI is InChI=1S/C20H22N4O2/c21-20(25)26-17-8-4-7-16-18(17)23-19(22-16)15-6-3-5-14(13-15)9-12-24-10-1-2-11-24/h3-8,13H,1-2,9-12H2,(H2,21,25)(H,22,23). The van der Waals surface area contributed by atoms with Gasteiger partial charge in [-0.25, -0.2) is 9.78 Å². The van der Waals surface area contributed by atoms with E-state index in [1.54, 1.807) is 12.1 Å². The molecule has 3 aromatic rings. The van der Waals surface area contributed by atoms with Crippen LogP contribution in [-0.2, 0) is 6.42 Å². The third-order valence-corrected chi connectivity index (χ3v) is 4.80. The summed E-state index contributed by atoms with van der Waals surface area (Å²) in [6, 6.07) is 13.8. The van der Waals surface area contributed by atoms with Gasteiger partial charge in [0.15, 0.2) is 5.75 Å². The highest BCUT2D eigenvalue weighted by molar-refractivity contribution is 5.87. The van der Waals surface area contributed by atoms with Crippen molar-refractivity contribution >= 4 is 17.1 Å². The molecular weight excluding hydrogens is 328 g/mol. The third-order valence-electron chi connectivity index (χ3n) is 4.80. The predicted molar refractivity (Wildman–Crippen MR) is 101 cm³/mol. The van der Waals surface area contributed by atoms with Gasteiger partial charge in [-0.05, 0) is 56.1 Å². The lowest BCUT2D eigenvalue weighted by Crippen LogP contribution is -2.21. The number of imidazole rings is 1. The maximum atomic E-state index is 11.1. The van der Waals surface area contributed by atoms with Crippen molar-refractivity contribution in [2.75, 3.05) is 19.6 Å². The molecule has 4 rings (SSSR count). The number of H-pyrrole nitrogens is 1. The number of para-hydroxylation sites is 1. The Kier molecular flexibility index (Phi) is 4.58. The van der Waals surface area contributed by atoms with Crippen LogP contribution in [0.2, 0.25) is 0 Å². The van der Waals surface area contributed by atoms with Gasteiger partial charge in [-0.15, -0.1) is 0 Å². The number of benzene rings is 2. The molecule has 26 heavy (non-hydrogen) atoms. The van der Waals surface area contributed by atoms with Gasteiger partial charge in [0.2, 0.25) is 0 Å². The molecule has 0 spiro atoms. The Morgan fingerprint density at radius 3 is 2.81 bits per heavy atom. The zero-order valence-corrected chi connectivity index (χ0v) is 14.6. The van der Waals surface area contributed by atoms with Gasteiger partial charge in [0.25, 0.3) is 0 Å². The molecule has 6 nitrogen and oxygen atoms in total. The summed E-state index contributed by atoms with van der Waals surface area (Å²) in [5.74, 6) is 1.12. The lowest BCUT2D eigenvalue weighted by Gasteiger charge is -2.14. The molecular formula is C20H22N4O2. The van der Waals surface area contributed by atoms with Crippen molar-refractivity contribution in [3.8, 4) is 17.1 Å². The van der Waals surface area contributed by atoms with Gasteiger partial charge in [0, 0.05) is 12.1 Å². The fraction of sp³-hybridized carbons (Fsp3) is 0.300. The average molecular weight is 350 g/mol. The van der Waals surface area contributed by atoms with E-state index in [9.17, 15) is 4.79 Å². The molecule has 1 saturated heterocycles. The van der Waals surface area contributed by atoms with Crippen LogP contribution in [0, 0.1) is 0 Å². The summed E-state index contributed by atoms with van der Waals surface area (Å²) in [4.78, 5) is 21.5. The Morgan fingerprint density at radius 2 is 2.00 bits per heavy atom. The van der Waals surface area contributed by atoms with E-state index in [1.165, 1.54) is 31.5 Å². The van der Waals surface area contributed by atoms with Gasteiger partial charge in [0.05, 0.1) is 5.52 Å². The fourth-order valence-electron chi connectivity index (χ4n) is 3.50. The van der Waals surface area contributed by atoms with Crippen molar-refractivity contribution in [3.05, 3.63) is 48.0 Å². The number of nitrogens with one attached hydrogen (secondary N) is 1. The van der Waals surface area contributed by atoms with Crippen molar-refractivity contribution in [1.82, 2.24) is 14.9 Å². The fourth-order valence-corrected chi connectivity index (χ4v) is 3.50. The Bertz CT molecular complexity index is 928. The molecule has 1 amide bonds. The molecule has 134 valence electrons. The number of carbonyl (C=O) groups is 1. The predicted octanol–water partition coefficient (Wildman–Crippen LogP) is 3.33. The summed E-state index contributed by atoms with van der Waals surface area (Å²) in [5.41, 5.74) is 8.86. The summed E-state index contributed by atoms with van der Waals surface area (Å²) in [6.45, 7) is 3.53. The zero-order chi connectivity index (χ0) is 17.9. The van der Waals surface area contributed by atoms with Crippen molar-refractivity contribution in [2.24, 2.45) is 5.73 Å². The second kappa shape index (κ2) is 7.17. The number of amides is 1. The first kappa shape index (κ1) is 16.6. The number of nitrogens with two attached hydrogens (primary N) is 1. The molecule has 1 fully saturated rings. The van der Waals surface area contributed by atoms with Crippen LogP contribution in [0.5, 0.6) is 5.75 Å². The van der Waals surface area contributed by atoms with E-state index in [2.05, 4.69) is 33.1 Å². The van der Waals surface area contributed by atoms with E-state index in [4.69, 9.17) is 10.5 Å². The molecule has 3 N–H and O–H groups in total. The molecule has 0 atom stereocenters. The van der Waals surface area contributed by atoms with Crippen LogP contribution in [0.1, 0.15) is 18.4 Å². The van der Waals surface area contributed by atoms with Crippen LogP contribution in [0.15, 0.2) is 42.5 Å². The second-order valence-corrected chi connectivity index (χ2v) is 6.66. The summed E-state index contributed by atoms with van der Waals surface area (Å²) in [7, 11) is 0. The first-order chi connectivity index (χ1) is 12.7. The highest BCUT2D eigenvalue weighted by atomic mass is 16.5. The van der Waals surface area contributed by atoms with Crippen LogP contribution < -0.4 is 10.5 Å². The van der Waals surface area contributed by atoms with E-state index in [1.807, 2.05) is 12.1 Å². The van der Waals surface area contributed by atoms with E-state index in [0.717, 1.165) is 29.9 Å². The molecule has 0 saturated carbocycles. The van der Waals surface area contributed by atoms with Crippen LogP contribution in [0.3, 0.4) is 0 Å². The van der Waals surface area contributed by atoms with Crippen LogP contribution in [0.4, 0.5) is 4.79 Å². The number of rotatable bonds is 5. The number of aromatic amines is 1. The maximum absolute atomic E-state index is 11.1. The van der Waals surface area contributed by atoms with Gasteiger partial charge >= 0.3 is 6.09 Å². The maximum Gasteiger partial charge on any atom is 0.410 e. The molecule has 6 heteroatoms. The number of primary amides is 1. The van der Waals surface area contributed by atoms with Crippen LogP contribution in [-0.4, -0.2) is 40.6 Å². The van der Waals surface area contributed by atoms with Crippen LogP contribution in [0.25, 0.3) is 22.4 Å². The Morgan fingerprint density at radius 1 is 1.19 bits per heavy atom. The number of ether oxygens (including phenoxy) is 1. The smallest absolute Gasteiger partial charge is 0.408 e. The minimum atomic E-state index is -0.842. The van der Waals surface area contributed by atoms with Crippen molar-refractivity contribution in [2.45, 2.75) is 19.3 Å². The molecule has 0 aliphatic carbocycles. The number of fused-ring (bicyclic) bond motifs is 1. The summed E-state index contributed by atoms with van der Waals surface area (Å²) < 4.78 is 5.05. The highest BCUT2D eigenvalue weighted by Crippen LogP contribution is 2.27. The van der Waals surface area contributed by atoms with Crippen molar-refractivity contribution < 1.29 is 9.53 Å². The van der Waals surface area contributed by atoms with E-state index in [-0.39, 0.29) is 0 Å². The average Bonchev–Trinajstić information content (AvgIpc) is 3.30. The molecule has 0 bridgehead atoms. The Balaban J connectivity index is 1.58. The second-order valence-electron chi connectivity index (χ2n) is 6.66. The minimum absolute atomic E-state index is 0.364. The first-order valence-corrected chi connectivity index (χ1v) is 8.97. The number of hydrogen-bond donors (Lipinski definition) is 2. The third kappa shape index (κ3) is 3.55. The molecule has 2 heterocycles. The number of aromatic nitrogens is 2. The molecule has 1 aromatic heterocycles. The van der Waals surface area contributed by atoms with Gasteiger partial charge in [-0.3, -0.25) is 0 Å². The van der Waals surface area contributed by atoms with Crippen molar-refractivity contribution in [1.29, 1.82) is 0 Å². The van der Waals surface area contributed by atoms with E-state index >= 15 is 0 Å². The molecule has 1 aliphatic rings. The van der Waals surface area contributed by atoms with E-state index < -0.39 is 6.09 Å². The lowest BCUT2D eigenvalue weighted by atomic mass is 10.1. The topological polar surface area (TPSA) is 84.2 Å². The van der Waals surface area contributed by atoms with Gasteiger partial charge < -0.3 is 20.4 Å². The zero-order valence-electron chi connectivity index (χ0n) is 14.6. The summed E-state index contributed by atoms with van der Waals surface area (Å²) in [6.07, 6.45) is 2.82. The number of hydrogen-bond acceptors (Lipinski definition) is 4. The number of likely N-dealkylation sites (tertiary alicyclic amines) is 1. The normalized spacial score (nSPS) is 14.8. The van der Waals surface area contributed by atoms with E-state index in [0.29, 0.717) is 11.3 Å². The molecule has 0 radical (unpaired) electrons. The highest BCUT2D eigenvalue weighted by Gasteiger charge is 2.13. The van der Waals surface area contributed by atoms with Gasteiger partial charge in [-0.1, -0.05) is 24.3 Å². The molecule has 2 aromatic carbocycles.